The zero-order valence-electron chi connectivity index (χ0n) is 23.5. The van der Waals surface area contributed by atoms with E-state index in [4.69, 9.17) is 28.4 Å². The summed E-state index contributed by atoms with van der Waals surface area (Å²) in [5.41, 5.74) is -4.82. The van der Waals surface area contributed by atoms with Gasteiger partial charge in [-0.2, -0.15) is 0 Å². The number of ketones is 2. The number of Topliss-reactive ketones (excluding diaryl/α,β-unsaturated/α-hetero) is 2. The molecule has 4 heterocycles. The summed E-state index contributed by atoms with van der Waals surface area (Å²) in [4.78, 5) is 77.6. The minimum absolute atomic E-state index is 0.0107. The van der Waals surface area contributed by atoms with Crippen LogP contribution < -0.4 is 9.47 Å². The lowest BCUT2D eigenvalue weighted by Gasteiger charge is -2.40. The van der Waals surface area contributed by atoms with E-state index in [9.17, 15) is 39.0 Å². The first-order valence-corrected chi connectivity index (χ1v) is 13.7. The summed E-state index contributed by atoms with van der Waals surface area (Å²) in [6, 6.07) is 5.01. The molecule has 0 aromatic heterocycles. The Balaban J connectivity index is 1.56. The zero-order chi connectivity index (χ0) is 31.6. The smallest absolute Gasteiger partial charge is 0.354 e. The van der Waals surface area contributed by atoms with Gasteiger partial charge in [-0.1, -0.05) is 0 Å². The summed E-state index contributed by atoms with van der Waals surface area (Å²) in [6.45, 7) is 0. The normalized spacial score (nSPS) is 27.3. The molecule has 2 N–H and O–H groups in total. The van der Waals surface area contributed by atoms with E-state index in [0.717, 1.165) is 14.2 Å². The van der Waals surface area contributed by atoms with Crippen molar-refractivity contribution in [3.63, 3.8) is 0 Å². The lowest BCUT2D eigenvalue weighted by molar-refractivity contribution is -0.176. The zero-order valence-corrected chi connectivity index (χ0v) is 23.5. The molecule has 6 rings (SSSR count). The summed E-state index contributed by atoms with van der Waals surface area (Å²) in [7, 11) is 2.15. The first-order chi connectivity index (χ1) is 21.0. The first kappa shape index (κ1) is 29.0. The molecule has 4 aliphatic rings. The maximum Gasteiger partial charge on any atom is 0.354 e. The number of fused-ring (bicyclic) bond motifs is 2. The molecular formula is C30H26O14. The monoisotopic (exact) mass is 610 g/mol. The summed E-state index contributed by atoms with van der Waals surface area (Å²) in [5, 5.41) is 21.4. The van der Waals surface area contributed by atoms with Crippen LogP contribution in [0.1, 0.15) is 59.2 Å². The van der Waals surface area contributed by atoms with Gasteiger partial charge >= 0.3 is 23.9 Å². The molecule has 4 aliphatic heterocycles. The molecule has 0 radical (unpaired) electrons. The number of phenolic OH excluding ortho intramolecular Hbond substituents is 2. The second kappa shape index (κ2) is 10.2. The fourth-order valence-electron chi connectivity index (χ4n) is 6.31. The number of hydrogen-bond acceptors (Lipinski definition) is 14. The number of hydrogen-bond donors (Lipinski definition) is 2. The van der Waals surface area contributed by atoms with Gasteiger partial charge in [0.1, 0.15) is 34.1 Å². The Bertz CT molecular complexity index is 1540. The van der Waals surface area contributed by atoms with Crippen molar-refractivity contribution in [3.05, 3.63) is 35.4 Å². The standard InChI is InChI=1S/C30H26O14/c1-39-27(37)29(19-7-9-21(35)41-19)11-17(33)23-15(31)5-3-13(25(23)43-29)14-4-6-16(32)24-18(34)12-30(28(38)40-2,44-26(14)24)20-8-10-22(36)42-20/h3-6,19-20,31-32H,7-12H2,1-2H3/t19-,20-,29-,30-/m0/s1. The van der Waals surface area contributed by atoms with Crippen LogP contribution in [0.3, 0.4) is 0 Å². The summed E-state index contributed by atoms with van der Waals surface area (Å²) >= 11 is 0. The summed E-state index contributed by atoms with van der Waals surface area (Å²) in [5.74, 6) is -6.29. The van der Waals surface area contributed by atoms with Crippen LogP contribution >= 0.6 is 0 Å². The maximum atomic E-state index is 13.6. The number of rotatable bonds is 5. The van der Waals surface area contributed by atoms with Crippen LogP contribution in [0.15, 0.2) is 24.3 Å². The fraction of sp³-hybridized carbons (Fsp3) is 0.400. The van der Waals surface area contributed by atoms with E-state index in [0.29, 0.717) is 0 Å². The highest BCUT2D eigenvalue weighted by Crippen LogP contribution is 2.53. The van der Waals surface area contributed by atoms with E-state index in [1.807, 2.05) is 0 Å². The molecule has 2 saturated heterocycles. The Labute approximate surface area is 248 Å². The van der Waals surface area contributed by atoms with E-state index in [2.05, 4.69) is 0 Å². The highest BCUT2D eigenvalue weighted by atomic mass is 16.6. The molecule has 0 bridgehead atoms. The quantitative estimate of drug-likeness (QED) is 0.368. The molecule has 2 fully saturated rings. The molecule has 2 aromatic rings. The second-order valence-electron chi connectivity index (χ2n) is 10.9. The molecule has 4 atom stereocenters. The molecule has 0 aliphatic carbocycles. The number of cyclic esters (lactones) is 2. The Hall–Kier alpha value is -5.14. The van der Waals surface area contributed by atoms with Crippen molar-refractivity contribution in [1.29, 1.82) is 0 Å². The van der Waals surface area contributed by atoms with Gasteiger partial charge in [-0.25, -0.2) is 9.59 Å². The largest absolute Gasteiger partial charge is 0.507 e. The third-order valence-electron chi connectivity index (χ3n) is 8.40. The SMILES string of the molecule is COC(=O)[C@@]1([C@@H]2CCC(=O)O2)CC(=O)c2c(O)ccc(-c3ccc(O)c4c3O[C@](C(=O)OC)([C@@H]3CCC(=O)O3)CC4=O)c2O1. The van der Waals surface area contributed by atoms with Gasteiger partial charge in [0.25, 0.3) is 0 Å². The number of methoxy groups -OCH3 is 2. The molecule has 2 aromatic carbocycles. The Morgan fingerprint density at radius 3 is 1.41 bits per heavy atom. The third kappa shape index (κ3) is 4.15. The van der Waals surface area contributed by atoms with Gasteiger partial charge in [-0.05, 0) is 37.1 Å². The van der Waals surface area contributed by atoms with Gasteiger partial charge in [0.2, 0.25) is 11.2 Å². The molecule has 0 saturated carbocycles. The van der Waals surface area contributed by atoms with Crippen molar-refractivity contribution in [3.8, 4) is 34.1 Å². The molecule has 230 valence electrons. The van der Waals surface area contributed by atoms with Crippen molar-refractivity contribution in [1.82, 2.24) is 0 Å². The number of carbonyl (C=O) groups is 6. The van der Waals surface area contributed by atoms with Crippen molar-refractivity contribution >= 4 is 35.4 Å². The van der Waals surface area contributed by atoms with Crippen LogP contribution in [0.2, 0.25) is 0 Å². The van der Waals surface area contributed by atoms with Gasteiger partial charge in [0.15, 0.2) is 23.8 Å². The van der Waals surface area contributed by atoms with Crippen LogP contribution in [-0.4, -0.2) is 83.3 Å². The van der Waals surface area contributed by atoms with E-state index >= 15 is 0 Å². The van der Waals surface area contributed by atoms with Crippen LogP contribution in [0, 0.1) is 0 Å². The number of benzene rings is 2. The number of aromatic hydroxyl groups is 2. The van der Waals surface area contributed by atoms with Crippen LogP contribution in [0.5, 0.6) is 23.0 Å². The predicted octanol–water partition coefficient (Wildman–Crippen LogP) is 1.93. The topological polar surface area (TPSA) is 198 Å². The van der Waals surface area contributed by atoms with Gasteiger partial charge in [-0.3, -0.25) is 19.2 Å². The minimum atomic E-state index is -2.12. The molecule has 14 nitrogen and oxygen atoms in total. The van der Waals surface area contributed by atoms with Gasteiger partial charge in [0.05, 0.1) is 27.1 Å². The third-order valence-corrected chi connectivity index (χ3v) is 8.40. The predicted molar refractivity (Wildman–Crippen MR) is 142 cm³/mol. The van der Waals surface area contributed by atoms with Crippen LogP contribution in [0.4, 0.5) is 0 Å². The van der Waals surface area contributed by atoms with Crippen molar-refractivity contribution in [2.45, 2.75) is 61.9 Å². The highest BCUT2D eigenvalue weighted by molar-refractivity contribution is 6.11. The molecule has 44 heavy (non-hydrogen) atoms. The van der Waals surface area contributed by atoms with E-state index in [-0.39, 0.29) is 59.4 Å². The Morgan fingerprint density at radius 1 is 0.705 bits per heavy atom. The molecule has 0 unspecified atom stereocenters. The average molecular weight is 611 g/mol. The number of phenols is 2. The van der Waals surface area contributed by atoms with Crippen molar-refractivity contribution < 1.29 is 67.4 Å². The summed E-state index contributed by atoms with van der Waals surface area (Å²) in [6.07, 6.45) is -3.65. The van der Waals surface area contributed by atoms with Gasteiger partial charge in [0, 0.05) is 24.0 Å². The van der Waals surface area contributed by atoms with Crippen LogP contribution in [-0.2, 0) is 38.1 Å². The average Bonchev–Trinajstić information content (AvgIpc) is 3.65. The van der Waals surface area contributed by atoms with E-state index in [1.165, 1.54) is 24.3 Å². The van der Waals surface area contributed by atoms with E-state index in [1.54, 1.807) is 0 Å². The highest BCUT2D eigenvalue weighted by Gasteiger charge is 2.60. The Morgan fingerprint density at radius 2 is 1.09 bits per heavy atom. The van der Waals surface area contributed by atoms with Crippen molar-refractivity contribution in [2.24, 2.45) is 0 Å². The molecule has 14 heteroatoms. The van der Waals surface area contributed by atoms with E-state index < -0.39 is 83.2 Å². The lowest BCUT2D eigenvalue weighted by atomic mass is 9.81. The lowest BCUT2D eigenvalue weighted by Crippen LogP contribution is -2.58. The van der Waals surface area contributed by atoms with Gasteiger partial charge in [-0.15, -0.1) is 0 Å². The summed E-state index contributed by atoms with van der Waals surface area (Å²) < 4.78 is 33.1. The van der Waals surface area contributed by atoms with Crippen LogP contribution in [0.25, 0.3) is 11.1 Å². The second-order valence-corrected chi connectivity index (χ2v) is 10.9. The molecule has 0 spiro atoms. The van der Waals surface area contributed by atoms with Crippen molar-refractivity contribution in [2.75, 3.05) is 14.2 Å². The number of esters is 4. The minimum Gasteiger partial charge on any atom is -0.507 e. The number of ether oxygens (including phenoxy) is 6. The molecule has 0 amide bonds. The Kier molecular flexibility index (Phi) is 6.74. The maximum absolute atomic E-state index is 13.6. The number of carbonyl (C=O) groups excluding carboxylic acids is 6. The van der Waals surface area contributed by atoms with Gasteiger partial charge < -0.3 is 38.6 Å². The first-order valence-electron chi connectivity index (χ1n) is 13.7. The fourth-order valence-corrected chi connectivity index (χ4v) is 6.31. The molecular weight excluding hydrogens is 584 g/mol.